The van der Waals surface area contributed by atoms with E-state index in [2.05, 4.69) is 34.1 Å². The highest BCUT2D eigenvalue weighted by Gasteiger charge is 2.18. The van der Waals surface area contributed by atoms with E-state index in [4.69, 9.17) is 15.2 Å². The van der Waals surface area contributed by atoms with Crippen LogP contribution in [0, 0.1) is 0 Å². The molecule has 0 bridgehead atoms. The fraction of sp³-hybridized carbons (Fsp3) is 0.375. The van der Waals surface area contributed by atoms with Gasteiger partial charge in [0.1, 0.15) is 17.8 Å². The van der Waals surface area contributed by atoms with Crippen molar-refractivity contribution in [3.63, 3.8) is 0 Å². The third kappa shape index (κ3) is 4.83. The number of ether oxygens (including phenoxy) is 2. The van der Waals surface area contributed by atoms with Gasteiger partial charge >= 0.3 is 0 Å². The smallest absolute Gasteiger partial charge is 0.134 e. The minimum Gasteiger partial charge on any atom is -0.493 e. The molecule has 4 rings (SSSR count). The van der Waals surface area contributed by atoms with E-state index in [9.17, 15) is 4.79 Å². The summed E-state index contributed by atoms with van der Waals surface area (Å²) >= 11 is 0. The van der Waals surface area contributed by atoms with E-state index in [1.165, 1.54) is 11.3 Å². The monoisotopic (exact) mass is 407 g/mol. The topological polar surface area (TPSA) is 68.0 Å². The summed E-state index contributed by atoms with van der Waals surface area (Å²) in [6, 6.07) is 14.2. The van der Waals surface area contributed by atoms with Crippen molar-refractivity contribution in [2.45, 2.75) is 18.9 Å². The number of hydrogen-bond donors (Lipinski definition) is 1. The van der Waals surface area contributed by atoms with Crippen LogP contribution in [-0.2, 0) is 11.3 Å². The van der Waals surface area contributed by atoms with Gasteiger partial charge in [-0.3, -0.25) is 4.90 Å². The summed E-state index contributed by atoms with van der Waals surface area (Å²) in [5.74, 6) is 1.24. The molecule has 30 heavy (non-hydrogen) atoms. The number of nitrogens with two attached hydrogens (primary N) is 1. The van der Waals surface area contributed by atoms with Gasteiger partial charge in [-0.15, -0.1) is 0 Å². The fourth-order valence-corrected chi connectivity index (χ4v) is 3.99. The van der Waals surface area contributed by atoms with E-state index in [0.29, 0.717) is 18.9 Å². The number of nitrogens with zero attached hydrogens (tertiary/aromatic N) is 2. The lowest BCUT2D eigenvalue weighted by Gasteiger charge is -2.36. The highest BCUT2D eigenvalue weighted by molar-refractivity contribution is 5.69. The fourth-order valence-electron chi connectivity index (χ4n) is 3.99. The third-order valence-corrected chi connectivity index (χ3v) is 5.74. The number of benzene rings is 2. The Bertz CT molecular complexity index is 891. The minimum absolute atomic E-state index is 0.237. The molecule has 2 heterocycles. The van der Waals surface area contributed by atoms with E-state index in [-0.39, 0.29) is 5.92 Å². The standard InChI is InChI=1S/C24H29N3O3/c25-17-19-3-1-4-21(15-19)27-11-9-26(10-12-27)8-2-13-29-22-5-6-23-20(18-28)7-14-30-24(23)16-22/h1,3-7,14-16,18,20H,2,8-13,17,25H2. The molecule has 6 heteroatoms. The van der Waals surface area contributed by atoms with E-state index in [1.807, 2.05) is 18.2 Å². The number of carbonyl (C=O) groups is 1. The van der Waals surface area contributed by atoms with Gasteiger partial charge in [-0.25, -0.2) is 0 Å². The van der Waals surface area contributed by atoms with Crippen LogP contribution < -0.4 is 20.1 Å². The Labute approximate surface area is 177 Å². The molecular formula is C24H29N3O3. The molecule has 2 N–H and O–H groups in total. The molecule has 0 amide bonds. The average molecular weight is 408 g/mol. The highest BCUT2D eigenvalue weighted by atomic mass is 16.5. The number of carbonyl (C=O) groups excluding carboxylic acids is 1. The molecule has 2 aromatic rings. The van der Waals surface area contributed by atoms with Crippen molar-refractivity contribution >= 4 is 12.0 Å². The first-order chi connectivity index (χ1) is 14.8. The molecule has 0 radical (unpaired) electrons. The molecule has 1 atom stereocenters. The quantitative estimate of drug-likeness (QED) is 0.536. The van der Waals surface area contributed by atoms with Gasteiger partial charge in [0.25, 0.3) is 0 Å². The number of hydrogen-bond acceptors (Lipinski definition) is 6. The summed E-state index contributed by atoms with van der Waals surface area (Å²) in [6.45, 7) is 6.43. The van der Waals surface area contributed by atoms with Crippen molar-refractivity contribution in [1.29, 1.82) is 0 Å². The zero-order valence-electron chi connectivity index (χ0n) is 17.2. The second-order valence-corrected chi connectivity index (χ2v) is 7.71. The van der Waals surface area contributed by atoms with Gasteiger partial charge in [-0.05, 0) is 36.3 Å². The van der Waals surface area contributed by atoms with E-state index >= 15 is 0 Å². The van der Waals surface area contributed by atoms with Crippen LogP contribution in [0.2, 0.25) is 0 Å². The van der Waals surface area contributed by atoms with Crippen molar-refractivity contribution in [1.82, 2.24) is 4.90 Å². The van der Waals surface area contributed by atoms with Gasteiger partial charge in [0.05, 0.1) is 18.8 Å². The second kappa shape index (κ2) is 9.78. The van der Waals surface area contributed by atoms with Crippen molar-refractivity contribution in [3.05, 3.63) is 65.9 Å². The molecule has 2 aromatic carbocycles. The Morgan fingerprint density at radius 3 is 2.80 bits per heavy atom. The summed E-state index contributed by atoms with van der Waals surface area (Å²) in [4.78, 5) is 16.1. The Morgan fingerprint density at radius 1 is 1.13 bits per heavy atom. The summed E-state index contributed by atoms with van der Waals surface area (Å²) < 4.78 is 11.4. The Hall–Kier alpha value is -2.83. The van der Waals surface area contributed by atoms with Crippen LogP contribution in [0.3, 0.4) is 0 Å². The van der Waals surface area contributed by atoms with Gasteiger partial charge in [-0.2, -0.15) is 0 Å². The molecule has 2 aliphatic rings. The van der Waals surface area contributed by atoms with Crippen molar-refractivity contribution in [2.24, 2.45) is 5.73 Å². The summed E-state index contributed by atoms with van der Waals surface area (Å²) in [5.41, 5.74) is 9.09. The van der Waals surface area contributed by atoms with Crippen molar-refractivity contribution in [2.75, 3.05) is 44.2 Å². The molecular weight excluding hydrogens is 378 g/mol. The molecule has 158 valence electrons. The van der Waals surface area contributed by atoms with Crippen LogP contribution in [0.1, 0.15) is 23.5 Å². The number of aldehydes is 1. The molecule has 0 spiro atoms. The number of piperazine rings is 1. The van der Waals surface area contributed by atoms with Gasteiger partial charge < -0.3 is 24.9 Å². The van der Waals surface area contributed by atoms with Crippen molar-refractivity contribution < 1.29 is 14.3 Å². The SMILES string of the molecule is NCc1cccc(N2CCN(CCCOc3ccc4c(c3)OC=CC4C=O)CC2)c1. The summed E-state index contributed by atoms with van der Waals surface area (Å²) in [7, 11) is 0. The lowest BCUT2D eigenvalue weighted by molar-refractivity contribution is -0.108. The van der Waals surface area contributed by atoms with Crippen molar-refractivity contribution in [3.8, 4) is 11.5 Å². The number of anilines is 1. The zero-order chi connectivity index (χ0) is 20.8. The van der Waals surface area contributed by atoms with Gasteiger partial charge in [0.2, 0.25) is 0 Å². The van der Waals surface area contributed by atoms with E-state index < -0.39 is 0 Å². The zero-order valence-corrected chi connectivity index (χ0v) is 17.2. The first kappa shape index (κ1) is 20.4. The van der Waals surface area contributed by atoms with Crippen LogP contribution in [-0.4, -0.2) is 50.5 Å². The number of fused-ring (bicyclic) bond motifs is 1. The summed E-state index contributed by atoms with van der Waals surface area (Å²) in [6.07, 6.45) is 5.21. The maximum Gasteiger partial charge on any atom is 0.134 e. The van der Waals surface area contributed by atoms with Gasteiger partial charge in [0.15, 0.2) is 0 Å². The largest absolute Gasteiger partial charge is 0.493 e. The molecule has 0 aromatic heterocycles. The number of rotatable bonds is 8. The van der Waals surface area contributed by atoms with Gasteiger partial charge in [0, 0.05) is 56.6 Å². The van der Waals surface area contributed by atoms with Crippen LogP contribution in [0.4, 0.5) is 5.69 Å². The lowest BCUT2D eigenvalue weighted by Crippen LogP contribution is -2.46. The molecule has 6 nitrogen and oxygen atoms in total. The minimum atomic E-state index is -0.237. The molecule has 1 saturated heterocycles. The Balaban J connectivity index is 1.19. The third-order valence-electron chi connectivity index (χ3n) is 5.74. The van der Waals surface area contributed by atoms with E-state index in [1.54, 1.807) is 12.3 Å². The molecule has 0 saturated carbocycles. The Kier molecular flexibility index (Phi) is 6.67. The molecule has 1 fully saturated rings. The van der Waals surface area contributed by atoms with Crippen LogP contribution in [0.25, 0.3) is 0 Å². The highest BCUT2D eigenvalue weighted by Crippen LogP contribution is 2.33. The predicted molar refractivity (Wildman–Crippen MR) is 118 cm³/mol. The van der Waals surface area contributed by atoms with E-state index in [0.717, 1.165) is 56.7 Å². The maximum absolute atomic E-state index is 11.1. The summed E-state index contributed by atoms with van der Waals surface area (Å²) in [5, 5.41) is 0. The average Bonchev–Trinajstić information content (AvgIpc) is 2.81. The molecule has 0 aliphatic carbocycles. The van der Waals surface area contributed by atoms with Crippen LogP contribution in [0.5, 0.6) is 11.5 Å². The second-order valence-electron chi connectivity index (χ2n) is 7.71. The first-order valence-electron chi connectivity index (χ1n) is 10.6. The lowest BCUT2D eigenvalue weighted by atomic mass is 9.98. The molecule has 1 unspecified atom stereocenters. The molecule has 2 aliphatic heterocycles. The first-order valence-corrected chi connectivity index (χ1v) is 10.6. The maximum atomic E-state index is 11.1. The van der Waals surface area contributed by atoms with Gasteiger partial charge in [-0.1, -0.05) is 18.2 Å². The van der Waals surface area contributed by atoms with Crippen LogP contribution in [0.15, 0.2) is 54.8 Å². The normalized spacial score (nSPS) is 18.6. The number of allylic oxidation sites excluding steroid dienone is 1. The predicted octanol–water partition coefficient (Wildman–Crippen LogP) is 2.93. The van der Waals surface area contributed by atoms with Crippen LogP contribution >= 0.6 is 0 Å². The Morgan fingerprint density at radius 2 is 2.00 bits per heavy atom.